The van der Waals surface area contributed by atoms with E-state index in [4.69, 9.17) is 9.47 Å². The van der Waals surface area contributed by atoms with Crippen molar-refractivity contribution in [2.45, 2.75) is 6.04 Å². The number of pyridine rings is 1. The van der Waals surface area contributed by atoms with Crippen LogP contribution in [0, 0.1) is 0 Å². The summed E-state index contributed by atoms with van der Waals surface area (Å²) in [7, 11) is 0. The van der Waals surface area contributed by atoms with E-state index in [0.717, 1.165) is 4.47 Å². The normalized spacial score (nSPS) is 19.1. The van der Waals surface area contributed by atoms with Gasteiger partial charge in [-0.3, -0.25) is 19.5 Å². The van der Waals surface area contributed by atoms with Gasteiger partial charge in [-0.2, -0.15) is 0 Å². The third kappa shape index (κ3) is 3.25. The Labute approximate surface area is 185 Å². The molecule has 1 fully saturated rings. The molecule has 0 bridgehead atoms. The van der Waals surface area contributed by atoms with Crippen LogP contribution in [0.2, 0.25) is 0 Å². The van der Waals surface area contributed by atoms with Crippen molar-refractivity contribution < 1.29 is 24.2 Å². The van der Waals surface area contributed by atoms with Gasteiger partial charge in [0.05, 0.1) is 11.6 Å². The van der Waals surface area contributed by atoms with Gasteiger partial charge in [-0.15, -0.1) is 0 Å². The van der Waals surface area contributed by atoms with E-state index in [0.29, 0.717) is 28.3 Å². The number of hydrogen-bond acceptors (Lipinski definition) is 6. The van der Waals surface area contributed by atoms with Crippen molar-refractivity contribution in [1.82, 2.24) is 4.98 Å². The summed E-state index contributed by atoms with van der Waals surface area (Å²) in [5.74, 6) is -0.716. The lowest BCUT2D eigenvalue weighted by molar-refractivity contribution is -0.132. The number of aliphatic hydroxyl groups is 1. The van der Waals surface area contributed by atoms with Gasteiger partial charge in [0.2, 0.25) is 6.79 Å². The number of benzene rings is 2. The van der Waals surface area contributed by atoms with Crippen molar-refractivity contribution in [3.05, 3.63) is 88.2 Å². The Morgan fingerprint density at radius 3 is 2.58 bits per heavy atom. The number of Topliss-reactive ketones (excluding diaryl/α,β-unsaturated/α-hetero) is 1. The van der Waals surface area contributed by atoms with Gasteiger partial charge < -0.3 is 14.6 Å². The summed E-state index contributed by atoms with van der Waals surface area (Å²) in [5.41, 5.74) is 1.48. The lowest BCUT2D eigenvalue weighted by atomic mass is 9.96. The Morgan fingerprint density at radius 1 is 1.06 bits per heavy atom. The maximum absolute atomic E-state index is 13.1. The number of carbonyl (C=O) groups excluding carboxylic acids is 2. The number of aromatic nitrogens is 1. The summed E-state index contributed by atoms with van der Waals surface area (Å²) >= 11 is 3.36. The lowest BCUT2D eigenvalue weighted by Crippen LogP contribution is -2.29. The highest BCUT2D eigenvalue weighted by atomic mass is 79.9. The fourth-order valence-electron chi connectivity index (χ4n) is 3.75. The molecule has 1 N–H and O–H groups in total. The largest absolute Gasteiger partial charge is 0.507 e. The van der Waals surface area contributed by atoms with Crippen molar-refractivity contribution in [1.29, 1.82) is 0 Å². The molecule has 0 radical (unpaired) electrons. The van der Waals surface area contributed by atoms with Crippen LogP contribution >= 0.6 is 15.9 Å². The smallest absolute Gasteiger partial charge is 0.300 e. The molecule has 31 heavy (non-hydrogen) atoms. The average molecular weight is 479 g/mol. The molecule has 154 valence electrons. The monoisotopic (exact) mass is 478 g/mol. The standard InChI is InChI=1S/C23H15BrN2O5/c24-15-5-3-13(4-6-15)21(27)19-20(14-2-1-9-25-11-14)26(23(29)22(19)28)16-7-8-17-18(10-16)31-12-30-17/h1-11,20,27H,12H2/b21-19+. The molecule has 0 saturated carbocycles. The molecule has 0 aliphatic carbocycles. The fraction of sp³-hybridized carbons (Fsp3) is 0.0870. The number of hydrogen-bond donors (Lipinski definition) is 1. The van der Waals surface area contributed by atoms with E-state index in [9.17, 15) is 14.7 Å². The van der Waals surface area contributed by atoms with E-state index < -0.39 is 17.7 Å². The van der Waals surface area contributed by atoms with Crippen molar-refractivity contribution >= 4 is 39.1 Å². The molecular weight excluding hydrogens is 464 g/mol. The number of fused-ring (bicyclic) bond motifs is 1. The first-order chi connectivity index (χ1) is 15.0. The molecule has 1 saturated heterocycles. The average Bonchev–Trinajstić information content (AvgIpc) is 3.36. The Morgan fingerprint density at radius 2 is 1.84 bits per heavy atom. The van der Waals surface area contributed by atoms with Gasteiger partial charge in [-0.1, -0.05) is 34.1 Å². The molecule has 7 nitrogen and oxygen atoms in total. The van der Waals surface area contributed by atoms with Crippen LogP contribution < -0.4 is 14.4 Å². The molecule has 3 heterocycles. The minimum absolute atomic E-state index is 0.00186. The highest BCUT2D eigenvalue weighted by Crippen LogP contribution is 2.44. The fourth-order valence-corrected chi connectivity index (χ4v) is 4.01. The highest BCUT2D eigenvalue weighted by Gasteiger charge is 2.47. The van der Waals surface area contributed by atoms with E-state index in [1.165, 1.54) is 4.90 Å². The predicted molar refractivity (Wildman–Crippen MR) is 116 cm³/mol. The number of anilines is 1. The number of carbonyl (C=O) groups is 2. The lowest BCUT2D eigenvalue weighted by Gasteiger charge is -2.25. The zero-order valence-corrected chi connectivity index (χ0v) is 17.6. The maximum Gasteiger partial charge on any atom is 0.300 e. The third-order valence-electron chi connectivity index (χ3n) is 5.20. The maximum atomic E-state index is 13.1. The van der Waals surface area contributed by atoms with E-state index in [2.05, 4.69) is 20.9 Å². The number of ether oxygens (including phenoxy) is 2. The predicted octanol–water partition coefficient (Wildman–Crippen LogP) is 4.20. The molecule has 1 atom stereocenters. The van der Waals surface area contributed by atoms with Gasteiger partial charge in [-0.25, -0.2) is 0 Å². The minimum atomic E-state index is -0.849. The highest BCUT2D eigenvalue weighted by molar-refractivity contribution is 9.10. The Hall–Kier alpha value is -3.65. The van der Waals surface area contributed by atoms with Gasteiger partial charge in [0.15, 0.2) is 11.5 Å². The van der Waals surface area contributed by atoms with E-state index in [1.54, 1.807) is 67.0 Å². The van der Waals surface area contributed by atoms with Gasteiger partial charge in [-0.05, 0) is 35.9 Å². The molecule has 2 aromatic carbocycles. The van der Waals surface area contributed by atoms with E-state index in [-0.39, 0.29) is 18.1 Å². The molecule has 1 aromatic heterocycles. The molecule has 2 aliphatic heterocycles. The number of amides is 1. The van der Waals surface area contributed by atoms with Crippen LogP contribution in [0.4, 0.5) is 5.69 Å². The molecule has 2 aliphatic rings. The summed E-state index contributed by atoms with van der Waals surface area (Å²) in [6, 6.07) is 14.5. The summed E-state index contributed by atoms with van der Waals surface area (Å²) in [6.07, 6.45) is 3.18. The number of halogens is 1. The second kappa shape index (κ2) is 7.55. The SMILES string of the molecule is O=C1C(=O)N(c2ccc3c(c2)OCO3)C(c2cccnc2)/C1=C(\O)c1ccc(Br)cc1. The first-order valence-electron chi connectivity index (χ1n) is 9.41. The van der Waals surface area contributed by atoms with Crippen LogP contribution in [-0.4, -0.2) is 28.6 Å². The second-order valence-electron chi connectivity index (χ2n) is 7.00. The Balaban J connectivity index is 1.70. The Kier molecular flexibility index (Phi) is 4.71. The zero-order chi connectivity index (χ0) is 21.5. The summed E-state index contributed by atoms with van der Waals surface area (Å²) in [4.78, 5) is 31.7. The number of nitrogens with zero attached hydrogens (tertiary/aromatic N) is 2. The summed E-state index contributed by atoms with van der Waals surface area (Å²) in [6.45, 7) is 0.0905. The Bertz CT molecular complexity index is 1220. The third-order valence-corrected chi connectivity index (χ3v) is 5.73. The van der Waals surface area contributed by atoms with Crippen LogP contribution in [-0.2, 0) is 9.59 Å². The van der Waals surface area contributed by atoms with E-state index >= 15 is 0 Å². The van der Waals surface area contributed by atoms with Crippen LogP contribution in [0.3, 0.4) is 0 Å². The zero-order valence-electron chi connectivity index (χ0n) is 16.0. The van der Waals surface area contributed by atoms with Gasteiger partial charge >= 0.3 is 0 Å². The molecular formula is C23H15BrN2O5. The summed E-state index contributed by atoms with van der Waals surface area (Å²) in [5, 5.41) is 11.1. The van der Waals surface area contributed by atoms with Gasteiger partial charge in [0.1, 0.15) is 5.76 Å². The molecule has 5 rings (SSSR count). The van der Waals surface area contributed by atoms with Crippen molar-refractivity contribution in [2.75, 3.05) is 11.7 Å². The molecule has 8 heteroatoms. The minimum Gasteiger partial charge on any atom is -0.507 e. The van der Waals surface area contributed by atoms with Crippen LogP contribution in [0.25, 0.3) is 5.76 Å². The number of aliphatic hydroxyl groups excluding tert-OH is 1. The molecule has 3 aromatic rings. The van der Waals surface area contributed by atoms with Crippen LogP contribution in [0.5, 0.6) is 11.5 Å². The van der Waals surface area contributed by atoms with Crippen LogP contribution in [0.1, 0.15) is 17.2 Å². The molecule has 1 amide bonds. The van der Waals surface area contributed by atoms with Crippen molar-refractivity contribution in [3.63, 3.8) is 0 Å². The number of rotatable bonds is 3. The van der Waals surface area contributed by atoms with E-state index in [1.807, 2.05) is 0 Å². The second-order valence-corrected chi connectivity index (χ2v) is 7.92. The topological polar surface area (TPSA) is 89.0 Å². The van der Waals surface area contributed by atoms with Gasteiger partial charge in [0.25, 0.3) is 11.7 Å². The van der Waals surface area contributed by atoms with Crippen LogP contribution in [0.15, 0.2) is 77.0 Å². The first-order valence-corrected chi connectivity index (χ1v) is 10.2. The molecule has 1 unspecified atom stereocenters. The summed E-state index contributed by atoms with van der Waals surface area (Å²) < 4.78 is 11.6. The first kappa shape index (κ1) is 19.3. The van der Waals surface area contributed by atoms with Crippen molar-refractivity contribution in [2.24, 2.45) is 0 Å². The molecule has 0 spiro atoms. The van der Waals surface area contributed by atoms with Crippen molar-refractivity contribution in [3.8, 4) is 11.5 Å². The number of ketones is 1. The quantitative estimate of drug-likeness (QED) is 0.344. The van der Waals surface area contributed by atoms with Gasteiger partial charge in [0, 0.05) is 34.2 Å².